The Morgan fingerprint density at radius 1 is 1.40 bits per heavy atom. The molecule has 3 rings (SSSR count). The Kier molecular flexibility index (Phi) is 3.48. The van der Waals surface area contributed by atoms with Gasteiger partial charge in [-0.1, -0.05) is 11.6 Å². The predicted octanol–water partition coefficient (Wildman–Crippen LogP) is 1.48. The molecule has 0 saturated carbocycles. The van der Waals surface area contributed by atoms with E-state index in [1.807, 2.05) is 4.90 Å². The van der Waals surface area contributed by atoms with Crippen molar-refractivity contribution in [1.82, 2.24) is 9.80 Å². The fourth-order valence-corrected chi connectivity index (χ4v) is 3.54. The number of rotatable bonds is 2. The quantitative estimate of drug-likeness (QED) is 0.898. The van der Waals surface area contributed by atoms with Crippen LogP contribution >= 0.6 is 11.6 Å². The van der Waals surface area contributed by atoms with Crippen molar-refractivity contribution in [2.75, 3.05) is 33.3 Å². The molecular formula is C15H19ClN2O2. The summed E-state index contributed by atoms with van der Waals surface area (Å²) < 4.78 is 0. The summed E-state index contributed by atoms with van der Waals surface area (Å²) in [6.45, 7) is 2.65. The lowest BCUT2D eigenvalue weighted by atomic mass is 9.84. The molecule has 20 heavy (non-hydrogen) atoms. The van der Waals surface area contributed by atoms with Crippen LogP contribution in [-0.2, 0) is 0 Å². The average molecular weight is 295 g/mol. The molecule has 2 aliphatic rings. The number of carbonyl (C=O) groups is 1. The molecule has 0 aliphatic carbocycles. The largest absolute Gasteiger partial charge is 0.396 e. The topological polar surface area (TPSA) is 43.8 Å². The second-order valence-electron chi connectivity index (χ2n) is 6.03. The van der Waals surface area contributed by atoms with Crippen LogP contribution in [0.3, 0.4) is 0 Å². The van der Waals surface area contributed by atoms with Crippen LogP contribution in [0.5, 0.6) is 0 Å². The van der Waals surface area contributed by atoms with Crippen molar-refractivity contribution in [2.45, 2.75) is 12.0 Å². The van der Waals surface area contributed by atoms with E-state index < -0.39 is 0 Å². The smallest absolute Gasteiger partial charge is 0.253 e. The summed E-state index contributed by atoms with van der Waals surface area (Å²) in [7, 11) is 2.08. The average Bonchev–Trinajstić information content (AvgIpc) is 2.74. The molecule has 1 atom stereocenters. The third-order valence-corrected chi connectivity index (χ3v) is 4.87. The highest BCUT2D eigenvalue weighted by Crippen LogP contribution is 2.39. The minimum atomic E-state index is 0.0631. The first-order chi connectivity index (χ1) is 9.54. The molecule has 0 aromatic heterocycles. The Hall–Kier alpha value is -1.10. The number of amides is 1. The van der Waals surface area contributed by atoms with E-state index in [1.54, 1.807) is 24.3 Å². The zero-order valence-electron chi connectivity index (χ0n) is 11.6. The highest BCUT2D eigenvalue weighted by atomic mass is 35.5. The lowest BCUT2D eigenvalue weighted by molar-refractivity contribution is -0.00774. The third-order valence-electron chi connectivity index (χ3n) is 4.62. The summed E-state index contributed by atoms with van der Waals surface area (Å²) in [6, 6.07) is 7.02. The lowest BCUT2D eigenvalue weighted by Crippen LogP contribution is -2.68. The van der Waals surface area contributed by atoms with Gasteiger partial charge in [-0.15, -0.1) is 0 Å². The normalized spacial score (nSPS) is 24.9. The molecule has 2 aliphatic heterocycles. The second kappa shape index (κ2) is 5.02. The highest BCUT2D eigenvalue weighted by molar-refractivity contribution is 6.30. The highest BCUT2D eigenvalue weighted by Gasteiger charge is 2.52. The molecule has 1 aromatic rings. The van der Waals surface area contributed by atoms with Crippen LogP contribution in [0.25, 0.3) is 0 Å². The van der Waals surface area contributed by atoms with Gasteiger partial charge in [-0.2, -0.15) is 0 Å². The van der Waals surface area contributed by atoms with Crippen LogP contribution in [0.15, 0.2) is 24.3 Å². The SMILES string of the molecule is CN1C[C@@H](CO)CC12CN(C(=O)c1ccc(Cl)cc1)C2. The Labute approximate surface area is 123 Å². The molecule has 1 aromatic carbocycles. The van der Waals surface area contributed by atoms with Gasteiger partial charge in [-0.05, 0) is 43.7 Å². The van der Waals surface area contributed by atoms with Crippen molar-refractivity contribution in [3.8, 4) is 0 Å². The maximum absolute atomic E-state index is 12.4. The monoisotopic (exact) mass is 294 g/mol. The Bertz CT molecular complexity index is 511. The maximum atomic E-state index is 12.4. The summed E-state index contributed by atoms with van der Waals surface area (Å²) in [5, 5.41) is 9.94. The van der Waals surface area contributed by atoms with E-state index in [1.165, 1.54) is 0 Å². The van der Waals surface area contributed by atoms with Crippen molar-refractivity contribution in [3.63, 3.8) is 0 Å². The van der Waals surface area contributed by atoms with Crippen LogP contribution in [0.4, 0.5) is 0 Å². The fourth-order valence-electron chi connectivity index (χ4n) is 3.41. The van der Waals surface area contributed by atoms with Gasteiger partial charge >= 0.3 is 0 Å². The van der Waals surface area contributed by atoms with Crippen LogP contribution in [-0.4, -0.2) is 59.6 Å². The molecule has 0 radical (unpaired) electrons. The third kappa shape index (κ3) is 2.22. The predicted molar refractivity (Wildman–Crippen MR) is 77.9 cm³/mol. The van der Waals surface area contributed by atoms with Crippen molar-refractivity contribution in [2.24, 2.45) is 5.92 Å². The maximum Gasteiger partial charge on any atom is 0.253 e. The standard InChI is InChI=1S/C15H19ClN2O2/c1-17-7-11(8-19)6-15(17)9-18(10-15)14(20)12-2-4-13(16)5-3-12/h2-5,11,19H,6-10H2,1H3/t11-/m0/s1. The van der Waals surface area contributed by atoms with Gasteiger partial charge in [-0.3, -0.25) is 9.69 Å². The van der Waals surface area contributed by atoms with E-state index in [0.29, 0.717) is 16.5 Å². The van der Waals surface area contributed by atoms with Gasteiger partial charge in [0.05, 0.1) is 5.54 Å². The molecule has 108 valence electrons. The van der Waals surface area contributed by atoms with E-state index >= 15 is 0 Å². The van der Waals surface area contributed by atoms with Crippen LogP contribution in [0, 0.1) is 5.92 Å². The van der Waals surface area contributed by atoms with Crippen LogP contribution in [0.1, 0.15) is 16.8 Å². The first-order valence-electron chi connectivity index (χ1n) is 6.91. The van der Waals surface area contributed by atoms with Gasteiger partial charge in [0.15, 0.2) is 0 Å². The van der Waals surface area contributed by atoms with Gasteiger partial charge in [0.2, 0.25) is 0 Å². The number of carbonyl (C=O) groups excluding carboxylic acids is 1. The van der Waals surface area contributed by atoms with Gasteiger partial charge in [0, 0.05) is 36.8 Å². The molecule has 5 heteroatoms. The zero-order chi connectivity index (χ0) is 14.3. The lowest BCUT2D eigenvalue weighted by Gasteiger charge is -2.52. The molecule has 2 heterocycles. The van der Waals surface area contributed by atoms with Crippen molar-refractivity contribution in [1.29, 1.82) is 0 Å². The molecule has 1 spiro atoms. The van der Waals surface area contributed by atoms with Gasteiger partial charge in [-0.25, -0.2) is 0 Å². The molecule has 2 saturated heterocycles. The number of aliphatic hydroxyl groups excluding tert-OH is 1. The summed E-state index contributed by atoms with van der Waals surface area (Å²) >= 11 is 5.84. The number of nitrogens with zero attached hydrogens (tertiary/aromatic N) is 2. The first kappa shape index (κ1) is 13.9. The van der Waals surface area contributed by atoms with E-state index in [2.05, 4.69) is 11.9 Å². The Balaban J connectivity index is 1.65. The van der Waals surface area contributed by atoms with Crippen LogP contribution < -0.4 is 0 Å². The Morgan fingerprint density at radius 3 is 2.60 bits per heavy atom. The number of likely N-dealkylation sites (N-methyl/N-ethyl adjacent to an activating group) is 1. The van der Waals surface area contributed by atoms with Crippen molar-refractivity contribution >= 4 is 17.5 Å². The molecule has 2 fully saturated rings. The van der Waals surface area contributed by atoms with Gasteiger partial charge in [0.25, 0.3) is 5.91 Å². The summed E-state index contributed by atoms with van der Waals surface area (Å²) in [5.74, 6) is 0.404. The minimum Gasteiger partial charge on any atom is -0.396 e. The van der Waals surface area contributed by atoms with E-state index in [4.69, 9.17) is 11.6 Å². The molecule has 4 nitrogen and oxygen atoms in total. The number of likely N-dealkylation sites (tertiary alicyclic amines) is 2. The summed E-state index contributed by atoms with van der Waals surface area (Å²) in [4.78, 5) is 16.5. The Morgan fingerprint density at radius 2 is 2.05 bits per heavy atom. The zero-order valence-corrected chi connectivity index (χ0v) is 12.3. The van der Waals surface area contributed by atoms with Gasteiger partial charge < -0.3 is 10.0 Å². The minimum absolute atomic E-state index is 0.0631. The number of halogens is 1. The molecule has 1 N–H and O–H groups in total. The number of benzene rings is 1. The fraction of sp³-hybridized carbons (Fsp3) is 0.533. The summed E-state index contributed by atoms with van der Waals surface area (Å²) in [5.41, 5.74) is 0.763. The molecule has 0 bridgehead atoms. The number of hydrogen-bond donors (Lipinski definition) is 1. The number of hydrogen-bond acceptors (Lipinski definition) is 3. The van der Waals surface area contributed by atoms with E-state index in [-0.39, 0.29) is 18.1 Å². The van der Waals surface area contributed by atoms with E-state index in [0.717, 1.165) is 26.1 Å². The van der Waals surface area contributed by atoms with Crippen molar-refractivity contribution < 1.29 is 9.90 Å². The molecular weight excluding hydrogens is 276 g/mol. The number of aliphatic hydroxyl groups is 1. The summed E-state index contributed by atoms with van der Waals surface area (Å²) in [6.07, 6.45) is 0.977. The van der Waals surface area contributed by atoms with Gasteiger partial charge in [0.1, 0.15) is 0 Å². The molecule has 0 unspecified atom stereocenters. The van der Waals surface area contributed by atoms with Crippen LogP contribution in [0.2, 0.25) is 5.02 Å². The van der Waals surface area contributed by atoms with E-state index in [9.17, 15) is 9.90 Å². The molecule has 1 amide bonds. The second-order valence-corrected chi connectivity index (χ2v) is 6.46. The van der Waals surface area contributed by atoms with Crippen molar-refractivity contribution in [3.05, 3.63) is 34.9 Å². The first-order valence-corrected chi connectivity index (χ1v) is 7.29.